The standard InChI is InChI=1S/C26H24FN3O3S/c1-33-19-12-6-16(7-13-19)25-24-20-4-2-3-5-21(20)34-26(24)30(23(32)14-28-25)15-22(31)29-18-10-8-17(27)9-11-18/h6-13H,2-5,14-15H2,1H3,(H,29,31). The zero-order chi connectivity index (χ0) is 23.7. The summed E-state index contributed by atoms with van der Waals surface area (Å²) >= 11 is 1.59. The summed E-state index contributed by atoms with van der Waals surface area (Å²) in [6, 6.07) is 13.2. The highest BCUT2D eigenvalue weighted by atomic mass is 32.1. The minimum Gasteiger partial charge on any atom is -0.497 e. The zero-order valence-corrected chi connectivity index (χ0v) is 19.6. The molecule has 2 aromatic carbocycles. The lowest BCUT2D eigenvalue weighted by Gasteiger charge is -2.20. The van der Waals surface area contributed by atoms with Gasteiger partial charge in [-0.05, 0) is 79.8 Å². The predicted molar refractivity (Wildman–Crippen MR) is 132 cm³/mol. The normalized spacial score (nSPS) is 15.2. The molecule has 0 spiro atoms. The van der Waals surface area contributed by atoms with Crippen LogP contribution in [0.25, 0.3) is 0 Å². The summed E-state index contributed by atoms with van der Waals surface area (Å²) in [4.78, 5) is 33.6. The number of aliphatic imine (C=N–C) groups is 1. The Morgan fingerprint density at radius 3 is 2.59 bits per heavy atom. The number of nitrogens with one attached hydrogen (secondary N) is 1. The lowest BCUT2D eigenvalue weighted by molar-refractivity contribution is -0.120. The largest absolute Gasteiger partial charge is 0.497 e. The van der Waals surface area contributed by atoms with Gasteiger partial charge in [-0.2, -0.15) is 0 Å². The zero-order valence-electron chi connectivity index (χ0n) is 18.8. The van der Waals surface area contributed by atoms with Crippen LogP contribution in [0.15, 0.2) is 53.5 Å². The molecule has 8 heteroatoms. The number of anilines is 2. The quantitative estimate of drug-likeness (QED) is 0.584. The maximum absolute atomic E-state index is 13.2. The molecular formula is C26H24FN3O3S. The van der Waals surface area contributed by atoms with E-state index in [1.54, 1.807) is 23.3 Å². The minimum atomic E-state index is -0.377. The Morgan fingerprint density at radius 2 is 1.85 bits per heavy atom. The third-order valence-corrected chi connectivity index (χ3v) is 7.42. The molecule has 2 heterocycles. The summed E-state index contributed by atoms with van der Waals surface area (Å²) in [5.41, 5.74) is 4.38. The summed E-state index contributed by atoms with van der Waals surface area (Å²) in [6.45, 7) is -0.171. The molecule has 174 valence electrons. The van der Waals surface area contributed by atoms with Gasteiger partial charge in [0.25, 0.3) is 0 Å². The van der Waals surface area contributed by atoms with Gasteiger partial charge in [0.05, 0.1) is 12.8 Å². The first-order valence-electron chi connectivity index (χ1n) is 11.2. The van der Waals surface area contributed by atoms with E-state index in [0.29, 0.717) is 5.69 Å². The molecule has 1 N–H and O–H groups in total. The number of hydrogen-bond acceptors (Lipinski definition) is 5. The Morgan fingerprint density at radius 1 is 1.12 bits per heavy atom. The van der Waals surface area contributed by atoms with Crippen LogP contribution in [-0.4, -0.2) is 37.7 Å². The molecule has 0 bridgehead atoms. The van der Waals surface area contributed by atoms with Gasteiger partial charge in [-0.15, -0.1) is 11.3 Å². The van der Waals surface area contributed by atoms with Crippen LogP contribution in [0.4, 0.5) is 15.1 Å². The van der Waals surface area contributed by atoms with E-state index in [1.165, 1.54) is 34.7 Å². The lowest BCUT2D eigenvalue weighted by Crippen LogP contribution is -2.38. The molecule has 34 heavy (non-hydrogen) atoms. The van der Waals surface area contributed by atoms with Crippen molar-refractivity contribution in [1.82, 2.24) is 0 Å². The second-order valence-electron chi connectivity index (χ2n) is 8.32. The van der Waals surface area contributed by atoms with Crippen molar-refractivity contribution in [2.45, 2.75) is 25.7 Å². The van der Waals surface area contributed by atoms with Gasteiger partial charge in [-0.25, -0.2) is 4.39 Å². The van der Waals surface area contributed by atoms with Crippen molar-refractivity contribution < 1.29 is 18.7 Å². The van der Waals surface area contributed by atoms with Crippen LogP contribution in [0, 0.1) is 5.82 Å². The van der Waals surface area contributed by atoms with Gasteiger partial charge >= 0.3 is 0 Å². The average molecular weight is 478 g/mol. The van der Waals surface area contributed by atoms with Crippen molar-refractivity contribution >= 4 is 39.6 Å². The number of hydrogen-bond donors (Lipinski definition) is 1. The Labute approximate surface area is 201 Å². The Hall–Kier alpha value is -3.52. The first-order chi connectivity index (χ1) is 16.5. The first-order valence-corrected chi connectivity index (χ1v) is 12.0. The van der Waals surface area contributed by atoms with Crippen molar-refractivity contribution in [2.24, 2.45) is 4.99 Å². The topological polar surface area (TPSA) is 71.0 Å². The molecule has 1 aliphatic heterocycles. The molecule has 0 saturated heterocycles. The number of thiophene rings is 1. The van der Waals surface area contributed by atoms with Gasteiger partial charge in [-0.1, -0.05) is 0 Å². The van der Waals surface area contributed by atoms with Gasteiger partial charge < -0.3 is 10.1 Å². The molecule has 5 rings (SSSR count). The number of rotatable bonds is 5. The number of ether oxygens (including phenoxy) is 1. The molecule has 2 aliphatic rings. The molecule has 0 radical (unpaired) electrons. The highest BCUT2D eigenvalue weighted by molar-refractivity contribution is 7.17. The van der Waals surface area contributed by atoms with Gasteiger partial charge in [0.1, 0.15) is 29.7 Å². The van der Waals surface area contributed by atoms with E-state index < -0.39 is 0 Å². The van der Waals surface area contributed by atoms with E-state index in [4.69, 9.17) is 9.73 Å². The number of halogens is 1. The summed E-state index contributed by atoms with van der Waals surface area (Å²) in [7, 11) is 1.62. The van der Waals surface area contributed by atoms with Crippen molar-refractivity contribution in [3.8, 4) is 5.75 Å². The van der Waals surface area contributed by atoms with E-state index >= 15 is 0 Å². The van der Waals surface area contributed by atoms with Crippen LogP contribution in [-0.2, 0) is 22.4 Å². The van der Waals surface area contributed by atoms with Gasteiger partial charge in [0.2, 0.25) is 11.8 Å². The third-order valence-electron chi connectivity index (χ3n) is 6.10. The van der Waals surface area contributed by atoms with Crippen LogP contribution in [0.5, 0.6) is 5.75 Å². The SMILES string of the molecule is COc1ccc(C2=NCC(=O)N(CC(=O)Nc3ccc(F)cc3)c3sc4c(c32)CCCC4)cc1. The van der Waals surface area contributed by atoms with Crippen LogP contribution < -0.4 is 15.0 Å². The summed E-state index contributed by atoms with van der Waals surface area (Å²) in [5, 5.41) is 3.54. The van der Waals surface area contributed by atoms with E-state index in [2.05, 4.69) is 5.32 Å². The highest BCUT2D eigenvalue weighted by Gasteiger charge is 2.33. The maximum Gasteiger partial charge on any atom is 0.249 e. The number of amides is 2. The molecule has 1 aromatic heterocycles. The number of carbonyl (C=O) groups excluding carboxylic acids is 2. The van der Waals surface area contributed by atoms with E-state index in [0.717, 1.165) is 53.3 Å². The smallest absolute Gasteiger partial charge is 0.249 e. The number of aryl methyl sites for hydroxylation is 1. The van der Waals surface area contributed by atoms with Crippen molar-refractivity contribution in [1.29, 1.82) is 0 Å². The Balaban J connectivity index is 1.51. The minimum absolute atomic E-state index is 0.0403. The summed E-state index contributed by atoms with van der Waals surface area (Å²) < 4.78 is 18.5. The number of carbonyl (C=O) groups is 2. The molecule has 0 saturated carbocycles. The molecule has 1 aliphatic carbocycles. The fourth-order valence-corrected chi connectivity index (χ4v) is 5.84. The monoisotopic (exact) mass is 477 g/mol. The number of fused-ring (bicyclic) bond motifs is 3. The van der Waals surface area contributed by atoms with Crippen molar-refractivity contribution in [2.75, 3.05) is 30.4 Å². The molecule has 0 atom stereocenters. The van der Waals surface area contributed by atoms with Crippen LogP contribution in [0.1, 0.15) is 34.4 Å². The predicted octanol–water partition coefficient (Wildman–Crippen LogP) is 4.60. The molecular weight excluding hydrogens is 453 g/mol. The summed E-state index contributed by atoms with van der Waals surface area (Å²) in [5.74, 6) is -0.193. The number of benzene rings is 2. The molecule has 2 amide bonds. The van der Waals surface area contributed by atoms with E-state index in [9.17, 15) is 14.0 Å². The third kappa shape index (κ3) is 4.33. The Bertz CT molecular complexity index is 1270. The van der Waals surface area contributed by atoms with Gasteiger partial charge in [0, 0.05) is 21.7 Å². The van der Waals surface area contributed by atoms with Crippen molar-refractivity contribution in [3.63, 3.8) is 0 Å². The molecule has 0 fully saturated rings. The molecule has 0 unspecified atom stereocenters. The fraction of sp³-hybridized carbons (Fsp3) is 0.269. The highest BCUT2D eigenvalue weighted by Crippen LogP contribution is 2.42. The van der Waals surface area contributed by atoms with E-state index in [1.807, 2.05) is 24.3 Å². The van der Waals surface area contributed by atoms with Crippen LogP contribution in [0.2, 0.25) is 0 Å². The van der Waals surface area contributed by atoms with Gasteiger partial charge in [-0.3, -0.25) is 19.5 Å². The van der Waals surface area contributed by atoms with Crippen molar-refractivity contribution in [3.05, 3.63) is 75.9 Å². The lowest BCUT2D eigenvalue weighted by atomic mass is 9.91. The number of methoxy groups -OCH3 is 1. The number of nitrogens with zero attached hydrogens (tertiary/aromatic N) is 2. The summed E-state index contributed by atoms with van der Waals surface area (Å²) in [6.07, 6.45) is 4.10. The van der Waals surface area contributed by atoms with Crippen LogP contribution in [0.3, 0.4) is 0 Å². The second-order valence-corrected chi connectivity index (χ2v) is 9.40. The average Bonchev–Trinajstić information content (AvgIpc) is 3.17. The Kier molecular flexibility index (Phi) is 6.15. The fourth-order valence-electron chi connectivity index (χ4n) is 4.43. The van der Waals surface area contributed by atoms with Gasteiger partial charge in [0.15, 0.2) is 0 Å². The second kappa shape index (κ2) is 9.38. The van der Waals surface area contributed by atoms with E-state index in [-0.39, 0.29) is 30.7 Å². The molecule has 6 nitrogen and oxygen atoms in total. The maximum atomic E-state index is 13.2. The first kappa shape index (κ1) is 22.3. The molecule has 3 aromatic rings. The van der Waals surface area contributed by atoms with Crippen LogP contribution >= 0.6 is 11.3 Å².